The summed E-state index contributed by atoms with van der Waals surface area (Å²) in [7, 11) is 0. The van der Waals surface area contributed by atoms with Gasteiger partial charge in [-0.05, 0) is 42.3 Å². The van der Waals surface area contributed by atoms with Gasteiger partial charge in [0, 0.05) is 17.7 Å². The molecule has 2 aromatic rings. The lowest BCUT2D eigenvalue weighted by Crippen LogP contribution is -2.46. The molecule has 5 nitrogen and oxygen atoms in total. The minimum atomic E-state index is -0.648. The zero-order valence-electron chi connectivity index (χ0n) is 14.3. The number of unbranched alkanes of at least 4 members (excludes halogenated alkanes) is 1. The van der Waals surface area contributed by atoms with Gasteiger partial charge >= 0.3 is 0 Å². The fraction of sp³-hybridized carbons (Fsp3) is 0.300. The highest BCUT2D eigenvalue weighted by Gasteiger charge is 2.37. The topological polar surface area (TPSA) is 72.6 Å². The van der Waals surface area contributed by atoms with Gasteiger partial charge in [0.05, 0.1) is 6.61 Å². The van der Waals surface area contributed by atoms with E-state index in [4.69, 9.17) is 10.5 Å². The van der Waals surface area contributed by atoms with Gasteiger partial charge in [0.25, 0.3) is 5.91 Å². The molecule has 2 N–H and O–H groups in total. The maximum Gasteiger partial charge on any atom is 0.259 e. The molecule has 0 aromatic heterocycles. The number of amides is 2. The number of benzene rings is 2. The van der Waals surface area contributed by atoms with Crippen molar-refractivity contribution >= 4 is 17.5 Å². The van der Waals surface area contributed by atoms with Crippen LogP contribution in [0, 0.1) is 0 Å². The Bertz CT molecular complexity index is 771. The fourth-order valence-electron chi connectivity index (χ4n) is 3.03. The molecule has 2 amide bonds. The fourth-order valence-corrected chi connectivity index (χ4v) is 3.03. The number of nitrogens with two attached hydrogens (primary N) is 1. The molecule has 0 unspecified atom stereocenters. The van der Waals surface area contributed by atoms with Crippen LogP contribution in [0.15, 0.2) is 48.5 Å². The molecular weight excluding hydrogens is 316 g/mol. The first-order valence-corrected chi connectivity index (χ1v) is 8.55. The number of primary amides is 1. The first kappa shape index (κ1) is 17.0. The molecule has 0 spiro atoms. The smallest absolute Gasteiger partial charge is 0.259 e. The van der Waals surface area contributed by atoms with E-state index in [1.54, 1.807) is 24.3 Å². The largest absolute Gasteiger partial charge is 0.494 e. The summed E-state index contributed by atoms with van der Waals surface area (Å²) in [6, 6.07) is 13.9. The van der Waals surface area contributed by atoms with Crippen LogP contribution in [0.3, 0.4) is 0 Å². The Morgan fingerprint density at radius 1 is 1.16 bits per heavy atom. The molecule has 1 aliphatic rings. The Morgan fingerprint density at radius 3 is 2.56 bits per heavy atom. The summed E-state index contributed by atoms with van der Waals surface area (Å²) in [4.78, 5) is 26.3. The van der Waals surface area contributed by atoms with Crippen LogP contribution in [0.25, 0.3) is 0 Å². The predicted octanol–water partition coefficient (Wildman–Crippen LogP) is 2.92. The zero-order chi connectivity index (χ0) is 17.8. The van der Waals surface area contributed by atoms with Gasteiger partial charge in [-0.2, -0.15) is 0 Å². The van der Waals surface area contributed by atoms with Gasteiger partial charge in [-0.25, -0.2) is 0 Å². The number of carbonyl (C=O) groups excluding carboxylic acids is 2. The van der Waals surface area contributed by atoms with Gasteiger partial charge in [0.1, 0.15) is 11.8 Å². The normalized spacial score (nSPS) is 15.7. The first-order valence-electron chi connectivity index (χ1n) is 8.55. The van der Waals surface area contributed by atoms with Crippen molar-refractivity contribution in [1.29, 1.82) is 0 Å². The van der Waals surface area contributed by atoms with Crippen LogP contribution < -0.4 is 15.4 Å². The third kappa shape index (κ3) is 3.50. The number of anilines is 1. The van der Waals surface area contributed by atoms with Crippen LogP contribution >= 0.6 is 0 Å². The van der Waals surface area contributed by atoms with Crippen LogP contribution in [0.1, 0.15) is 35.7 Å². The number of nitrogens with zero attached hydrogens (tertiary/aromatic N) is 1. The van der Waals surface area contributed by atoms with E-state index in [1.165, 1.54) is 4.90 Å². The van der Waals surface area contributed by atoms with Gasteiger partial charge in [0.15, 0.2) is 0 Å². The number of ether oxygens (including phenoxy) is 1. The predicted molar refractivity (Wildman–Crippen MR) is 96.8 cm³/mol. The number of rotatable bonds is 6. The molecule has 25 heavy (non-hydrogen) atoms. The summed E-state index contributed by atoms with van der Waals surface area (Å²) < 4.78 is 5.62. The van der Waals surface area contributed by atoms with Crippen molar-refractivity contribution in [3.05, 3.63) is 59.7 Å². The molecule has 5 heteroatoms. The average Bonchev–Trinajstić information content (AvgIpc) is 3.02. The SMILES string of the molecule is CCCCOc1ccc(C(=O)N2c3ccccc3C[C@H]2C(N)=O)cc1. The van der Waals surface area contributed by atoms with Crippen molar-refractivity contribution in [3.63, 3.8) is 0 Å². The van der Waals surface area contributed by atoms with E-state index in [2.05, 4.69) is 6.92 Å². The van der Waals surface area contributed by atoms with E-state index in [0.717, 1.165) is 29.8 Å². The van der Waals surface area contributed by atoms with E-state index in [9.17, 15) is 9.59 Å². The second-order valence-corrected chi connectivity index (χ2v) is 6.15. The molecule has 2 aromatic carbocycles. The highest BCUT2D eigenvalue weighted by Crippen LogP contribution is 2.33. The number of carbonyl (C=O) groups is 2. The standard InChI is InChI=1S/C20H22N2O3/c1-2-3-12-25-16-10-8-14(9-11-16)20(24)22-17-7-5-4-6-15(17)13-18(22)19(21)23/h4-11,18H,2-3,12-13H2,1H3,(H2,21,23)/t18-/m0/s1. The summed E-state index contributed by atoms with van der Waals surface area (Å²) in [6.45, 7) is 2.77. The Labute approximate surface area is 147 Å². The summed E-state index contributed by atoms with van der Waals surface area (Å²) >= 11 is 0. The second-order valence-electron chi connectivity index (χ2n) is 6.15. The third-order valence-corrected chi connectivity index (χ3v) is 4.39. The number of fused-ring (bicyclic) bond motifs is 1. The molecule has 0 saturated carbocycles. The molecule has 0 aliphatic carbocycles. The van der Waals surface area contributed by atoms with Gasteiger partial charge in [-0.1, -0.05) is 31.5 Å². The van der Waals surface area contributed by atoms with Crippen LogP contribution in [0.2, 0.25) is 0 Å². The van der Waals surface area contributed by atoms with Crippen LogP contribution in [0.5, 0.6) is 5.75 Å². The summed E-state index contributed by atoms with van der Waals surface area (Å²) in [5, 5.41) is 0. The van der Waals surface area contributed by atoms with Crippen LogP contribution in [0.4, 0.5) is 5.69 Å². The van der Waals surface area contributed by atoms with Gasteiger partial charge in [-0.3, -0.25) is 14.5 Å². The summed E-state index contributed by atoms with van der Waals surface area (Å²) in [5.41, 5.74) is 7.74. The van der Waals surface area contributed by atoms with Crippen LogP contribution in [-0.2, 0) is 11.2 Å². The molecule has 0 radical (unpaired) electrons. The molecule has 130 valence electrons. The molecule has 1 heterocycles. The summed E-state index contributed by atoms with van der Waals surface area (Å²) in [5.74, 6) is 0.0104. The summed E-state index contributed by atoms with van der Waals surface area (Å²) in [6.07, 6.45) is 2.51. The Hall–Kier alpha value is -2.82. The van der Waals surface area contributed by atoms with E-state index >= 15 is 0 Å². The molecule has 1 aliphatic heterocycles. The lowest BCUT2D eigenvalue weighted by atomic mass is 10.1. The number of hydrogen-bond donors (Lipinski definition) is 1. The van der Waals surface area contributed by atoms with Crippen molar-refractivity contribution in [2.75, 3.05) is 11.5 Å². The van der Waals surface area contributed by atoms with E-state index < -0.39 is 11.9 Å². The van der Waals surface area contributed by atoms with E-state index in [-0.39, 0.29) is 5.91 Å². The molecular formula is C20H22N2O3. The van der Waals surface area contributed by atoms with Gasteiger partial charge in [0.2, 0.25) is 5.91 Å². The van der Waals surface area contributed by atoms with Crippen molar-refractivity contribution in [1.82, 2.24) is 0 Å². The zero-order valence-corrected chi connectivity index (χ0v) is 14.3. The van der Waals surface area contributed by atoms with Crippen molar-refractivity contribution in [2.45, 2.75) is 32.2 Å². The monoisotopic (exact) mass is 338 g/mol. The molecule has 1 atom stereocenters. The van der Waals surface area contributed by atoms with Crippen molar-refractivity contribution < 1.29 is 14.3 Å². The third-order valence-electron chi connectivity index (χ3n) is 4.39. The molecule has 0 fully saturated rings. The molecule has 0 saturated heterocycles. The second kappa shape index (κ2) is 7.38. The minimum absolute atomic E-state index is 0.228. The first-order chi connectivity index (χ1) is 12.1. The Balaban J connectivity index is 1.82. The quantitative estimate of drug-likeness (QED) is 0.823. The maximum atomic E-state index is 13.0. The number of para-hydroxylation sites is 1. The highest BCUT2D eigenvalue weighted by molar-refractivity contribution is 6.11. The Kier molecular flexibility index (Phi) is 5.03. The molecule has 3 rings (SSSR count). The van der Waals surface area contributed by atoms with Crippen LogP contribution in [-0.4, -0.2) is 24.5 Å². The minimum Gasteiger partial charge on any atom is -0.494 e. The van der Waals surface area contributed by atoms with E-state index in [1.807, 2.05) is 24.3 Å². The average molecular weight is 338 g/mol. The van der Waals surface area contributed by atoms with Crippen molar-refractivity contribution in [3.8, 4) is 5.75 Å². The lowest BCUT2D eigenvalue weighted by molar-refractivity contribution is -0.119. The molecule has 0 bridgehead atoms. The Morgan fingerprint density at radius 2 is 1.88 bits per heavy atom. The van der Waals surface area contributed by atoms with Gasteiger partial charge < -0.3 is 10.5 Å². The lowest BCUT2D eigenvalue weighted by Gasteiger charge is -2.23. The van der Waals surface area contributed by atoms with E-state index in [0.29, 0.717) is 18.6 Å². The number of hydrogen-bond acceptors (Lipinski definition) is 3. The maximum absolute atomic E-state index is 13.0. The highest BCUT2D eigenvalue weighted by atomic mass is 16.5. The van der Waals surface area contributed by atoms with Crippen molar-refractivity contribution in [2.24, 2.45) is 5.73 Å². The van der Waals surface area contributed by atoms with Gasteiger partial charge in [-0.15, -0.1) is 0 Å².